The highest BCUT2D eigenvalue weighted by Crippen LogP contribution is 2.31. The van der Waals surface area contributed by atoms with Crippen molar-refractivity contribution in [3.8, 4) is 5.75 Å². The number of halogens is 2. The summed E-state index contributed by atoms with van der Waals surface area (Å²) in [6.07, 6.45) is 0. The van der Waals surface area contributed by atoms with Gasteiger partial charge >= 0.3 is 0 Å². The highest BCUT2D eigenvalue weighted by Gasteiger charge is 2.18. The number of phenols is 1. The molecule has 0 fully saturated rings. The van der Waals surface area contributed by atoms with E-state index in [1.807, 2.05) is 36.4 Å². The smallest absolute Gasteiger partial charge is 0.124 e. The Hall–Kier alpha value is -2.04. The molecule has 0 radical (unpaired) electrons. The number of hydrogen-bond acceptors (Lipinski definition) is 3. The monoisotopic (exact) mass is 460 g/mol. The van der Waals surface area contributed by atoms with Gasteiger partial charge in [0, 0.05) is 37.3 Å². The van der Waals surface area contributed by atoms with Crippen LogP contribution < -0.4 is 10.6 Å². The molecule has 3 rings (SSSR count). The molecule has 3 nitrogen and oxygen atoms in total. The third-order valence-corrected chi connectivity index (χ3v) is 5.11. The summed E-state index contributed by atoms with van der Waals surface area (Å²) in [5.74, 6) is 0.388. The first-order chi connectivity index (χ1) is 13.9. The number of nitrogens with one attached hydrogen (secondary N) is 2. The Morgan fingerprint density at radius 2 is 1.03 bits per heavy atom. The lowest BCUT2D eigenvalue weighted by atomic mass is 9.84. The van der Waals surface area contributed by atoms with E-state index in [0.29, 0.717) is 18.8 Å². The molecule has 0 saturated carbocycles. The van der Waals surface area contributed by atoms with Crippen LogP contribution in [0.4, 0.5) is 0 Å². The highest BCUT2D eigenvalue weighted by molar-refractivity contribution is 5.85. The minimum Gasteiger partial charge on any atom is -0.507 e. The normalized spacial score (nSPS) is 10.8. The summed E-state index contributed by atoms with van der Waals surface area (Å²) in [6.45, 7) is 9.46. The maximum atomic E-state index is 10.9. The molecule has 31 heavy (non-hydrogen) atoms. The second kappa shape index (κ2) is 12.7. The Kier molecular flexibility index (Phi) is 11.1. The van der Waals surface area contributed by atoms with Crippen LogP contribution in [0, 0.1) is 0 Å². The van der Waals surface area contributed by atoms with Crippen molar-refractivity contribution in [3.63, 3.8) is 0 Å². The zero-order valence-electron chi connectivity index (χ0n) is 18.5. The lowest BCUT2D eigenvalue weighted by Gasteiger charge is -2.23. The molecule has 0 aromatic heterocycles. The van der Waals surface area contributed by atoms with Crippen LogP contribution in [0.5, 0.6) is 5.75 Å². The summed E-state index contributed by atoms with van der Waals surface area (Å²) in [5, 5.41) is 17.8. The van der Waals surface area contributed by atoms with Crippen molar-refractivity contribution in [2.75, 3.05) is 0 Å². The van der Waals surface area contributed by atoms with E-state index in [-0.39, 0.29) is 30.2 Å². The third kappa shape index (κ3) is 8.19. The number of phenolic OH excluding ortho intramolecular Hbond substituents is 1. The fraction of sp³-hybridized carbons (Fsp3) is 0.308. The van der Waals surface area contributed by atoms with Crippen molar-refractivity contribution in [1.29, 1.82) is 0 Å². The number of rotatable bonds is 8. The molecule has 0 heterocycles. The predicted octanol–water partition coefficient (Wildman–Crippen LogP) is 6.11. The van der Waals surface area contributed by atoms with Gasteiger partial charge in [0.1, 0.15) is 5.75 Å². The van der Waals surface area contributed by atoms with E-state index in [4.69, 9.17) is 0 Å². The lowest BCUT2D eigenvalue weighted by Crippen LogP contribution is -2.18. The molecule has 3 aromatic carbocycles. The molecular formula is C26H34Cl2N2O. The van der Waals surface area contributed by atoms with Gasteiger partial charge in [-0.1, -0.05) is 93.6 Å². The Morgan fingerprint density at radius 3 is 1.39 bits per heavy atom. The maximum absolute atomic E-state index is 10.9. The van der Waals surface area contributed by atoms with Crippen molar-refractivity contribution in [1.82, 2.24) is 10.6 Å². The third-order valence-electron chi connectivity index (χ3n) is 5.11. The summed E-state index contributed by atoms with van der Waals surface area (Å²) < 4.78 is 0. The van der Waals surface area contributed by atoms with Crippen LogP contribution in [0.1, 0.15) is 48.6 Å². The molecule has 5 heteroatoms. The van der Waals surface area contributed by atoms with Crippen LogP contribution >= 0.6 is 24.8 Å². The molecule has 3 aromatic rings. The minimum absolute atomic E-state index is 0. The molecule has 0 saturated heterocycles. The van der Waals surface area contributed by atoms with E-state index >= 15 is 0 Å². The predicted molar refractivity (Wildman–Crippen MR) is 135 cm³/mol. The molecule has 168 valence electrons. The topological polar surface area (TPSA) is 44.3 Å². The van der Waals surface area contributed by atoms with Gasteiger partial charge in [0.25, 0.3) is 0 Å². The van der Waals surface area contributed by atoms with Gasteiger partial charge in [0.2, 0.25) is 0 Å². The average Bonchev–Trinajstić information content (AvgIpc) is 2.71. The first-order valence-corrected chi connectivity index (χ1v) is 10.3. The Balaban J connectivity index is 0.00000240. The molecular weight excluding hydrogens is 427 g/mol. The lowest BCUT2D eigenvalue weighted by molar-refractivity contribution is 0.451. The molecule has 0 amide bonds. The van der Waals surface area contributed by atoms with E-state index in [2.05, 4.69) is 67.8 Å². The van der Waals surface area contributed by atoms with Gasteiger partial charge in [0.05, 0.1) is 0 Å². The Morgan fingerprint density at radius 1 is 0.645 bits per heavy atom. The second-order valence-corrected chi connectivity index (χ2v) is 8.57. The minimum atomic E-state index is 0. The summed E-state index contributed by atoms with van der Waals surface area (Å²) in [4.78, 5) is 0. The summed E-state index contributed by atoms with van der Waals surface area (Å²) in [7, 11) is 0. The summed E-state index contributed by atoms with van der Waals surface area (Å²) in [5.41, 5.74) is 5.64. The van der Waals surface area contributed by atoms with Crippen molar-refractivity contribution in [3.05, 3.63) is 101 Å². The van der Waals surface area contributed by atoms with Gasteiger partial charge in [-0.2, -0.15) is 0 Å². The van der Waals surface area contributed by atoms with Crippen molar-refractivity contribution in [2.24, 2.45) is 0 Å². The van der Waals surface area contributed by atoms with E-state index < -0.39 is 0 Å². The van der Waals surface area contributed by atoms with E-state index in [1.54, 1.807) is 0 Å². The van der Waals surface area contributed by atoms with E-state index in [0.717, 1.165) is 24.2 Å². The quantitative estimate of drug-likeness (QED) is 0.379. The Bertz CT molecular complexity index is 843. The van der Waals surface area contributed by atoms with Gasteiger partial charge in [-0.05, 0) is 22.1 Å². The van der Waals surface area contributed by atoms with Crippen molar-refractivity contribution < 1.29 is 5.11 Å². The molecule has 0 spiro atoms. The number of aromatic hydroxyl groups is 1. The maximum Gasteiger partial charge on any atom is 0.124 e. The summed E-state index contributed by atoms with van der Waals surface area (Å²) >= 11 is 0. The van der Waals surface area contributed by atoms with Crippen molar-refractivity contribution >= 4 is 24.8 Å². The fourth-order valence-electron chi connectivity index (χ4n) is 3.34. The van der Waals surface area contributed by atoms with E-state index in [9.17, 15) is 5.11 Å². The van der Waals surface area contributed by atoms with Crippen LogP contribution in [0.15, 0.2) is 72.8 Å². The highest BCUT2D eigenvalue weighted by atomic mass is 35.5. The van der Waals surface area contributed by atoms with E-state index in [1.165, 1.54) is 16.7 Å². The van der Waals surface area contributed by atoms with Gasteiger partial charge in [-0.3, -0.25) is 0 Å². The Labute approximate surface area is 199 Å². The number of benzene rings is 3. The molecule has 0 atom stereocenters. The standard InChI is InChI=1S/C26H32N2O.2ClH/c1-26(2,3)24-14-22(18-27-16-20-10-6-4-7-11-20)25(29)23(15-24)19-28-17-21-12-8-5-9-13-21;;/h4-15,27-29H,16-19H2,1-3H3;2*1H. The second-order valence-electron chi connectivity index (χ2n) is 8.57. The molecule has 0 aliphatic heterocycles. The van der Waals surface area contributed by atoms with Gasteiger partial charge in [0.15, 0.2) is 0 Å². The molecule has 0 aliphatic rings. The number of hydrogen-bond donors (Lipinski definition) is 3. The van der Waals surface area contributed by atoms with Crippen LogP contribution in [0.2, 0.25) is 0 Å². The molecule has 3 N–H and O–H groups in total. The van der Waals surface area contributed by atoms with Crippen LogP contribution in [0.25, 0.3) is 0 Å². The van der Waals surface area contributed by atoms with Crippen molar-refractivity contribution in [2.45, 2.75) is 52.4 Å². The largest absolute Gasteiger partial charge is 0.507 e. The SMILES string of the molecule is CC(C)(C)c1cc(CNCc2ccccc2)c(O)c(CNCc2ccccc2)c1.Cl.Cl. The van der Waals surface area contributed by atoms with Crippen LogP contribution in [-0.2, 0) is 31.6 Å². The van der Waals surface area contributed by atoms with Gasteiger partial charge < -0.3 is 15.7 Å². The van der Waals surface area contributed by atoms with Gasteiger partial charge in [-0.15, -0.1) is 24.8 Å². The average molecular weight is 461 g/mol. The first-order valence-electron chi connectivity index (χ1n) is 10.3. The molecule has 0 aliphatic carbocycles. The van der Waals surface area contributed by atoms with Crippen LogP contribution in [0.3, 0.4) is 0 Å². The molecule has 0 bridgehead atoms. The zero-order chi connectivity index (χ0) is 20.7. The summed E-state index contributed by atoms with van der Waals surface area (Å²) in [6, 6.07) is 24.9. The van der Waals surface area contributed by atoms with Crippen LogP contribution in [-0.4, -0.2) is 5.11 Å². The fourth-order valence-corrected chi connectivity index (χ4v) is 3.34. The van der Waals surface area contributed by atoms with Gasteiger partial charge in [-0.25, -0.2) is 0 Å². The molecule has 0 unspecified atom stereocenters. The first kappa shape index (κ1) is 27.0. The zero-order valence-corrected chi connectivity index (χ0v) is 20.2.